The molecule has 0 aliphatic heterocycles. The number of hydrogen-bond donors (Lipinski definition) is 1. The summed E-state index contributed by atoms with van der Waals surface area (Å²) in [7, 11) is 0. The van der Waals surface area contributed by atoms with Gasteiger partial charge in [0.15, 0.2) is 0 Å². The minimum absolute atomic E-state index is 0.157. The van der Waals surface area contributed by atoms with E-state index in [2.05, 4.69) is 96.7 Å². The molecule has 0 unspecified atom stereocenters. The first-order chi connectivity index (χ1) is 11.0. The van der Waals surface area contributed by atoms with Crippen molar-refractivity contribution in [2.45, 2.75) is 54.1 Å². The fourth-order valence-electron chi connectivity index (χ4n) is 4.85. The molecule has 24 heavy (non-hydrogen) atoms. The van der Waals surface area contributed by atoms with Crippen LogP contribution in [-0.4, -0.2) is 12.2 Å². The number of hydrogen-bond acceptors (Lipinski definition) is 1. The third kappa shape index (κ3) is 2.78. The number of nitrogens with one attached hydrogen (secondary N) is 1. The van der Waals surface area contributed by atoms with Crippen LogP contribution >= 0.6 is 0 Å². The van der Waals surface area contributed by atoms with E-state index in [1.54, 1.807) is 11.1 Å². The van der Waals surface area contributed by atoms with Crippen LogP contribution in [0.1, 0.15) is 36.1 Å². The molecule has 1 N–H and O–H groups in total. The Morgan fingerprint density at radius 2 is 1.25 bits per heavy atom. The molecule has 0 spiro atoms. The van der Waals surface area contributed by atoms with E-state index in [0.29, 0.717) is 4.22 Å². The average molecular weight is 374 g/mol. The van der Waals surface area contributed by atoms with Crippen LogP contribution < -0.4 is 3.80 Å². The van der Waals surface area contributed by atoms with Crippen LogP contribution in [0.25, 0.3) is 11.1 Å². The van der Waals surface area contributed by atoms with E-state index in [-0.39, 0.29) is 5.54 Å². The Morgan fingerprint density at radius 3 is 1.62 bits per heavy atom. The monoisotopic (exact) mass is 374 g/mol. The second kappa shape index (κ2) is 5.67. The molecule has 1 nitrogen and oxygen atoms in total. The molecule has 1 aliphatic carbocycles. The summed E-state index contributed by atoms with van der Waals surface area (Å²) in [6, 6.07) is 18.2. The van der Waals surface area contributed by atoms with Gasteiger partial charge in [0.25, 0.3) is 0 Å². The molecular formula is C21H32NSiTi. The van der Waals surface area contributed by atoms with Crippen molar-refractivity contribution in [3.63, 3.8) is 0 Å². The topological polar surface area (TPSA) is 12.0 Å². The van der Waals surface area contributed by atoms with E-state index in [1.807, 2.05) is 0 Å². The molecular weight excluding hydrogens is 342 g/mol. The standard InChI is InChI=1S/C13H9.C4H10N.C2H7Si.2CH3.Ti/c1-3-7-12-10(5-1)9-11-6-2-4-8-13(11)12;1-4(2,3)5;1-3-2;;;/h1-9H;5H,1-3H3;3H,1-2H3;2*1H3;/q;-1;;;;+1. The molecule has 0 atom stereocenters. The molecule has 0 heterocycles. The fourth-order valence-corrected chi connectivity index (χ4v) is 21.2. The van der Waals surface area contributed by atoms with Crippen LogP contribution in [-0.2, 0) is 14.8 Å². The van der Waals surface area contributed by atoms with Crippen molar-refractivity contribution in [1.82, 2.24) is 3.80 Å². The Kier molecular flexibility index (Phi) is 4.28. The molecule has 3 rings (SSSR count). The van der Waals surface area contributed by atoms with Crippen LogP contribution in [0.3, 0.4) is 0 Å². The van der Waals surface area contributed by atoms with Gasteiger partial charge in [0.1, 0.15) is 0 Å². The van der Waals surface area contributed by atoms with Gasteiger partial charge in [-0.15, -0.1) is 0 Å². The van der Waals surface area contributed by atoms with Gasteiger partial charge in [0.05, 0.1) is 0 Å². The van der Waals surface area contributed by atoms with E-state index in [9.17, 15) is 0 Å². The first kappa shape index (κ1) is 18.1. The van der Waals surface area contributed by atoms with Crippen LogP contribution in [0.5, 0.6) is 0 Å². The molecule has 1 aliphatic rings. The SMILES string of the molecule is C[SiH](C)[Ti]([CH3])([CH3])([NH]C(C)(C)C)[CH]1c2ccccc2-c2ccccc21. The summed E-state index contributed by atoms with van der Waals surface area (Å²) in [6.45, 7) is 11.3. The van der Waals surface area contributed by atoms with Crippen molar-refractivity contribution < 1.29 is 14.8 Å². The summed E-state index contributed by atoms with van der Waals surface area (Å²) in [4.78, 5) is 0. The summed E-state index contributed by atoms with van der Waals surface area (Å²) in [5.74, 6) is 0. The fraction of sp³-hybridized carbons (Fsp3) is 0.429. The Morgan fingerprint density at radius 1 is 0.833 bits per heavy atom. The number of fused-ring (bicyclic) bond motifs is 3. The molecule has 0 fully saturated rings. The van der Waals surface area contributed by atoms with Gasteiger partial charge in [-0.2, -0.15) is 0 Å². The molecule has 3 heteroatoms. The van der Waals surface area contributed by atoms with Crippen LogP contribution in [0.15, 0.2) is 48.5 Å². The Bertz CT molecular complexity index is 728. The molecule has 2 aromatic carbocycles. The van der Waals surface area contributed by atoms with Gasteiger partial charge in [-0.25, -0.2) is 0 Å². The molecule has 0 amide bonds. The Labute approximate surface area is 149 Å². The van der Waals surface area contributed by atoms with Gasteiger partial charge < -0.3 is 0 Å². The van der Waals surface area contributed by atoms with E-state index in [4.69, 9.17) is 0 Å². The van der Waals surface area contributed by atoms with Crippen molar-refractivity contribution in [2.24, 2.45) is 0 Å². The van der Waals surface area contributed by atoms with Crippen molar-refractivity contribution in [3.05, 3.63) is 59.7 Å². The Hall–Kier alpha value is -0.669. The number of rotatable bonds is 3. The van der Waals surface area contributed by atoms with Crippen LogP contribution in [0, 0.1) is 0 Å². The Balaban J connectivity index is 2.30. The first-order valence-corrected chi connectivity index (χ1v) is 19.6. The molecule has 0 saturated heterocycles. The van der Waals surface area contributed by atoms with E-state index >= 15 is 0 Å². The zero-order valence-electron chi connectivity index (χ0n) is 16.3. The summed E-state index contributed by atoms with van der Waals surface area (Å²) in [5, 5.41) is 5.34. The molecule has 0 radical (unpaired) electrons. The van der Waals surface area contributed by atoms with Crippen LogP contribution in [0.4, 0.5) is 0 Å². The average Bonchev–Trinajstić information content (AvgIpc) is 2.80. The normalized spacial score (nSPS) is 16.6. The molecule has 129 valence electrons. The number of benzene rings is 2. The van der Waals surface area contributed by atoms with E-state index in [1.165, 1.54) is 11.1 Å². The van der Waals surface area contributed by atoms with E-state index in [0.717, 1.165) is 0 Å². The summed E-state index contributed by atoms with van der Waals surface area (Å²) >= 11 is -2.99. The second-order valence-electron chi connectivity index (χ2n) is 9.75. The predicted octanol–water partition coefficient (Wildman–Crippen LogP) is 5.83. The van der Waals surface area contributed by atoms with Crippen molar-refractivity contribution >= 4 is 6.66 Å². The van der Waals surface area contributed by atoms with Crippen molar-refractivity contribution in [1.29, 1.82) is 0 Å². The van der Waals surface area contributed by atoms with Gasteiger partial charge >= 0.3 is 150 Å². The molecule has 2 aromatic rings. The van der Waals surface area contributed by atoms with Crippen molar-refractivity contribution in [3.8, 4) is 11.1 Å². The maximum atomic E-state index is 4.29. The molecule has 0 bridgehead atoms. The maximum absolute atomic E-state index is 4.29. The third-order valence-corrected chi connectivity index (χ3v) is 34.6. The van der Waals surface area contributed by atoms with Crippen LogP contribution in [0.2, 0.25) is 23.6 Å². The summed E-state index contributed by atoms with van der Waals surface area (Å²) < 4.78 is 4.87. The van der Waals surface area contributed by atoms with Gasteiger partial charge in [-0.05, 0) is 0 Å². The zero-order valence-corrected chi connectivity index (χ0v) is 19.0. The third-order valence-electron chi connectivity index (χ3n) is 6.27. The van der Waals surface area contributed by atoms with E-state index < -0.39 is 21.5 Å². The molecule has 0 saturated carbocycles. The van der Waals surface area contributed by atoms with Gasteiger partial charge in [0.2, 0.25) is 0 Å². The minimum atomic E-state index is -2.99. The summed E-state index contributed by atoms with van der Waals surface area (Å²) in [6.07, 6.45) is 0. The zero-order chi connectivity index (χ0) is 17.8. The van der Waals surface area contributed by atoms with Crippen molar-refractivity contribution in [2.75, 3.05) is 0 Å². The van der Waals surface area contributed by atoms with Gasteiger partial charge in [-0.3, -0.25) is 0 Å². The predicted molar refractivity (Wildman–Crippen MR) is 107 cm³/mol. The quantitative estimate of drug-likeness (QED) is 0.667. The van der Waals surface area contributed by atoms with Gasteiger partial charge in [-0.1, -0.05) is 0 Å². The first-order valence-electron chi connectivity index (χ1n) is 9.21. The van der Waals surface area contributed by atoms with Gasteiger partial charge in [0, 0.05) is 0 Å². The molecule has 0 aromatic heterocycles. The summed E-state index contributed by atoms with van der Waals surface area (Å²) in [5.41, 5.74) is 6.22. The second-order valence-corrected chi connectivity index (χ2v) is 34.2.